The molecule has 0 saturated heterocycles. The van der Waals surface area contributed by atoms with Crippen LogP contribution in [0, 0.1) is 5.92 Å². The lowest BCUT2D eigenvalue weighted by Crippen LogP contribution is -2.36. The Balaban J connectivity index is 2.14. The molecular formula is C21H20O5. The highest BCUT2D eigenvalue weighted by Gasteiger charge is 2.42. The fraction of sp³-hybridized carbons (Fsp3) is 0.238. The zero-order chi connectivity index (χ0) is 18.5. The smallest absolute Gasteiger partial charge is 0.321 e. The minimum atomic E-state index is -1.09. The van der Waals surface area contributed by atoms with E-state index in [1.54, 1.807) is 0 Å². The fourth-order valence-corrected chi connectivity index (χ4v) is 3.23. The van der Waals surface area contributed by atoms with Crippen LogP contribution in [-0.4, -0.2) is 32.8 Å². The number of rotatable bonds is 4. The minimum Gasteiger partial charge on any atom is -0.489 e. The molecule has 1 aliphatic rings. The predicted molar refractivity (Wildman–Crippen MR) is 96.6 cm³/mol. The van der Waals surface area contributed by atoms with E-state index in [9.17, 15) is 9.59 Å². The molecule has 0 amide bonds. The summed E-state index contributed by atoms with van der Waals surface area (Å²) >= 11 is 0. The molecule has 3 rings (SSSR count). The lowest BCUT2D eigenvalue weighted by molar-refractivity contribution is -0.159. The average molecular weight is 352 g/mol. The molecule has 0 saturated carbocycles. The van der Waals surface area contributed by atoms with E-state index in [0.29, 0.717) is 5.75 Å². The minimum absolute atomic E-state index is 0.279. The van der Waals surface area contributed by atoms with Crippen molar-refractivity contribution in [1.29, 1.82) is 0 Å². The topological polar surface area (TPSA) is 61.8 Å². The standard InChI is InChI=1S/C21H20O5/c1-24-20(22)19(21(23)25-2)18-15(12-14-8-4-3-5-9-14)13-26-17-11-7-6-10-16(17)18/h3-12,18-19H,13H2,1-2H3. The summed E-state index contributed by atoms with van der Waals surface area (Å²) < 4.78 is 15.6. The number of fused-ring (bicyclic) bond motifs is 1. The summed E-state index contributed by atoms with van der Waals surface area (Å²) in [5.74, 6) is -2.21. The van der Waals surface area contributed by atoms with E-state index < -0.39 is 23.8 Å². The highest BCUT2D eigenvalue weighted by Crippen LogP contribution is 2.43. The molecule has 0 aliphatic carbocycles. The van der Waals surface area contributed by atoms with Gasteiger partial charge in [-0.25, -0.2) is 0 Å². The molecule has 1 aliphatic heterocycles. The monoisotopic (exact) mass is 352 g/mol. The molecule has 0 bridgehead atoms. The lowest BCUT2D eigenvalue weighted by Gasteiger charge is -2.32. The third kappa shape index (κ3) is 3.47. The Kier molecular flexibility index (Phi) is 5.37. The molecular weight excluding hydrogens is 332 g/mol. The summed E-state index contributed by atoms with van der Waals surface area (Å²) in [5.41, 5.74) is 2.54. The van der Waals surface area contributed by atoms with E-state index in [1.807, 2.05) is 60.7 Å². The van der Waals surface area contributed by atoms with Crippen LogP contribution in [0.25, 0.3) is 6.08 Å². The van der Waals surface area contributed by atoms with Gasteiger partial charge in [0.05, 0.1) is 14.2 Å². The van der Waals surface area contributed by atoms with E-state index in [1.165, 1.54) is 14.2 Å². The Morgan fingerprint density at radius 1 is 1.00 bits per heavy atom. The van der Waals surface area contributed by atoms with Crippen molar-refractivity contribution in [3.05, 3.63) is 71.3 Å². The number of methoxy groups -OCH3 is 2. The number of benzene rings is 2. The first-order chi connectivity index (χ1) is 12.7. The van der Waals surface area contributed by atoms with Crippen LogP contribution in [0.3, 0.4) is 0 Å². The van der Waals surface area contributed by atoms with Crippen molar-refractivity contribution in [3.8, 4) is 5.75 Å². The van der Waals surface area contributed by atoms with Crippen LogP contribution in [-0.2, 0) is 19.1 Å². The molecule has 5 heteroatoms. The van der Waals surface area contributed by atoms with E-state index in [-0.39, 0.29) is 6.61 Å². The Hall–Kier alpha value is -3.08. The highest BCUT2D eigenvalue weighted by atomic mass is 16.5. The van der Waals surface area contributed by atoms with Crippen LogP contribution in [0.1, 0.15) is 17.0 Å². The summed E-state index contributed by atoms with van der Waals surface area (Å²) in [7, 11) is 2.54. The van der Waals surface area contributed by atoms with Crippen molar-refractivity contribution in [2.75, 3.05) is 20.8 Å². The van der Waals surface area contributed by atoms with Crippen molar-refractivity contribution < 1.29 is 23.8 Å². The number of ether oxygens (including phenoxy) is 3. The number of carbonyl (C=O) groups is 2. The van der Waals surface area contributed by atoms with Crippen LogP contribution in [0.4, 0.5) is 0 Å². The van der Waals surface area contributed by atoms with Crippen LogP contribution in [0.15, 0.2) is 60.2 Å². The van der Waals surface area contributed by atoms with E-state index in [2.05, 4.69) is 0 Å². The van der Waals surface area contributed by atoms with Gasteiger partial charge in [-0.2, -0.15) is 0 Å². The molecule has 26 heavy (non-hydrogen) atoms. The largest absolute Gasteiger partial charge is 0.489 e. The number of para-hydroxylation sites is 1. The van der Waals surface area contributed by atoms with Gasteiger partial charge < -0.3 is 14.2 Å². The van der Waals surface area contributed by atoms with Crippen LogP contribution >= 0.6 is 0 Å². The molecule has 1 unspecified atom stereocenters. The van der Waals surface area contributed by atoms with Crippen molar-refractivity contribution in [2.24, 2.45) is 5.92 Å². The zero-order valence-electron chi connectivity index (χ0n) is 14.7. The number of hydrogen-bond donors (Lipinski definition) is 0. The number of esters is 2. The predicted octanol–water partition coefficient (Wildman–Crippen LogP) is 3.21. The average Bonchev–Trinajstić information content (AvgIpc) is 2.69. The third-order valence-electron chi connectivity index (χ3n) is 4.44. The van der Waals surface area contributed by atoms with Gasteiger partial charge in [0, 0.05) is 11.5 Å². The highest BCUT2D eigenvalue weighted by molar-refractivity contribution is 5.97. The molecule has 0 fully saturated rings. The van der Waals surface area contributed by atoms with E-state index >= 15 is 0 Å². The number of hydrogen-bond acceptors (Lipinski definition) is 5. The molecule has 0 radical (unpaired) electrons. The maximum atomic E-state index is 12.4. The maximum Gasteiger partial charge on any atom is 0.321 e. The Bertz CT molecular complexity index is 809. The maximum absolute atomic E-state index is 12.4. The van der Waals surface area contributed by atoms with Crippen molar-refractivity contribution in [3.63, 3.8) is 0 Å². The SMILES string of the molecule is COC(=O)C(C(=O)OC)C1C(=Cc2ccccc2)COc2ccccc21. The zero-order valence-corrected chi connectivity index (χ0v) is 14.7. The summed E-state index contributed by atoms with van der Waals surface area (Å²) in [6.45, 7) is 0.279. The quantitative estimate of drug-likeness (QED) is 0.625. The summed E-state index contributed by atoms with van der Waals surface area (Å²) in [6, 6.07) is 17.1. The Morgan fingerprint density at radius 3 is 2.27 bits per heavy atom. The molecule has 0 N–H and O–H groups in total. The molecule has 1 heterocycles. The molecule has 134 valence electrons. The first-order valence-electron chi connectivity index (χ1n) is 8.28. The van der Waals surface area contributed by atoms with Gasteiger partial charge in [-0.15, -0.1) is 0 Å². The molecule has 2 aromatic carbocycles. The first-order valence-corrected chi connectivity index (χ1v) is 8.28. The second-order valence-corrected chi connectivity index (χ2v) is 5.96. The molecule has 0 aromatic heterocycles. The summed E-state index contributed by atoms with van der Waals surface area (Å²) in [6.07, 6.45) is 1.94. The van der Waals surface area contributed by atoms with Gasteiger partial charge >= 0.3 is 11.9 Å². The molecule has 5 nitrogen and oxygen atoms in total. The van der Waals surface area contributed by atoms with Gasteiger partial charge in [0.15, 0.2) is 5.92 Å². The fourth-order valence-electron chi connectivity index (χ4n) is 3.23. The van der Waals surface area contributed by atoms with E-state index in [4.69, 9.17) is 14.2 Å². The summed E-state index contributed by atoms with van der Waals surface area (Å²) in [5, 5.41) is 0. The Labute approximate surface area is 152 Å². The van der Waals surface area contributed by atoms with Gasteiger partial charge in [0.1, 0.15) is 12.4 Å². The normalized spacial score (nSPS) is 17.3. The molecule has 2 aromatic rings. The second kappa shape index (κ2) is 7.87. The second-order valence-electron chi connectivity index (χ2n) is 5.96. The van der Waals surface area contributed by atoms with Gasteiger partial charge in [-0.1, -0.05) is 54.6 Å². The third-order valence-corrected chi connectivity index (χ3v) is 4.44. The van der Waals surface area contributed by atoms with E-state index in [0.717, 1.165) is 16.7 Å². The van der Waals surface area contributed by atoms with Crippen molar-refractivity contribution in [2.45, 2.75) is 5.92 Å². The van der Waals surface area contributed by atoms with Crippen molar-refractivity contribution in [1.82, 2.24) is 0 Å². The van der Waals surface area contributed by atoms with Gasteiger partial charge in [-0.05, 0) is 17.2 Å². The van der Waals surface area contributed by atoms with Crippen LogP contribution in [0.2, 0.25) is 0 Å². The lowest BCUT2D eigenvalue weighted by atomic mass is 9.78. The molecule has 0 spiro atoms. The van der Waals surface area contributed by atoms with Crippen LogP contribution in [0.5, 0.6) is 5.75 Å². The van der Waals surface area contributed by atoms with Crippen molar-refractivity contribution >= 4 is 18.0 Å². The Morgan fingerprint density at radius 2 is 1.62 bits per heavy atom. The summed E-state index contributed by atoms with van der Waals surface area (Å²) in [4.78, 5) is 24.9. The molecule has 1 atom stereocenters. The van der Waals surface area contributed by atoms with Crippen LogP contribution < -0.4 is 4.74 Å². The first kappa shape index (κ1) is 17.7. The number of carbonyl (C=O) groups excluding carboxylic acids is 2. The van der Waals surface area contributed by atoms with Gasteiger partial charge in [0.25, 0.3) is 0 Å². The van der Waals surface area contributed by atoms with Gasteiger partial charge in [0.2, 0.25) is 0 Å². The van der Waals surface area contributed by atoms with Gasteiger partial charge in [-0.3, -0.25) is 9.59 Å².